The van der Waals surface area contributed by atoms with Crippen molar-refractivity contribution in [1.82, 2.24) is 9.97 Å². The standard InChI is InChI=1S/C10H15N3S/c1-11-9-5-6-12-10(13-9)8-4-2-3-7-14-8/h5-6,8H,2-4,7H2,1H3,(H,11,12,13). The molecule has 1 unspecified atom stereocenters. The van der Waals surface area contributed by atoms with Crippen molar-refractivity contribution >= 4 is 17.6 Å². The molecular weight excluding hydrogens is 194 g/mol. The van der Waals surface area contributed by atoms with Crippen molar-refractivity contribution in [1.29, 1.82) is 0 Å². The molecule has 0 saturated carbocycles. The number of nitrogens with one attached hydrogen (secondary N) is 1. The minimum Gasteiger partial charge on any atom is -0.373 e. The van der Waals surface area contributed by atoms with Crippen LogP contribution >= 0.6 is 11.8 Å². The molecule has 76 valence electrons. The zero-order valence-corrected chi connectivity index (χ0v) is 9.18. The van der Waals surface area contributed by atoms with E-state index in [2.05, 4.69) is 15.3 Å². The third-order valence-electron chi connectivity index (χ3n) is 2.40. The number of nitrogens with zero attached hydrogens (tertiary/aromatic N) is 2. The van der Waals surface area contributed by atoms with E-state index in [4.69, 9.17) is 0 Å². The van der Waals surface area contributed by atoms with Crippen molar-refractivity contribution in [3.05, 3.63) is 18.1 Å². The number of rotatable bonds is 2. The van der Waals surface area contributed by atoms with E-state index in [1.165, 1.54) is 25.0 Å². The maximum Gasteiger partial charge on any atom is 0.143 e. The predicted octanol–water partition coefficient (Wildman–Crippen LogP) is 2.48. The molecule has 1 saturated heterocycles. The van der Waals surface area contributed by atoms with Crippen LogP contribution in [0.15, 0.2) is 12.3 Å². The van der Waals surface area contributed by atoms with Gasteiger partial charge >= 0.3 is 0 Å². The minimum absolute atomic E-state index is 0.511. The van der Waals surface area contributed by atoms with Crippen molar-refractivity contribution in [3.63, 3.8) is 0 Å². The summed E-state index contributed by atoms with van der Waals surface area (Å²) in [5, 5.41) is 3.56. The summed E-state index contributed by atoms with van der Waals surface area (Å²) in [6, 6.07) is 1.90. The second-order valence-corrected chi connectivity index (χ2v) is 4.72. The largest absolute Gasteiger partial charge is 0.373 e. The molecule has 3 nitrogen and oxygen atoms in total. The highest BCUT2D eigenvalue weighted by atomic mass is 32.2. The summed E-state index contributed by atoms with van der Waals surface area (Å²) >= 11 is 1.98. The minimum atomic E-state index is 0.511. The third kappa shape index (κ3) is 2.18. The monoisotopic (exact) mass is 209 g/mol. The van der Waals surface area contributed by atoms with Gasteiger partial charge in [-0.1, -0.05) is 6.42 Å². The quantitative estimate of drug-likeness (QED) is 0.812. The summed E-state index contributed by atoms with van der Waals surface area (Å²) in [5.74, 6) is 3.15. The first-order chi connectivity index (χ1) is 6.90. The molecule has 2 heterocycles. The number of aromatic nitrogens is 2. The summed E-state index contributed by atoms with van der Waals surface area (Å²) in [5.41, 5.74) is 0. The normalized spacial score (nSPS) is 21.9. The lowest BCUT2D eigenvalue weighted by Crippen LogP contribution is -2.07. The number of thioether (sulfide) groups is 1. The highest BCUT2D eigenvalue weighted by molar-refractivity contribution is 7.99. The van der Waals surface area contributed by atoms with Crippen LogP contribution in [0.1, 0.15) is 30.3 Å². The van der Waals surface area contributed by atoms with Crippen LogP contribution in [0, 0.1) is 0 Å². The van der Waals surface area contributed by atoms with Gasteiger partial charge in [0, 0.05) is 13.2 Å². The van der Waals surface area contributed by atoms with Gasteiger partial charge in [0.05, 0.1) is 5.25 Å². The Morgan fingerprint density at radius 2 is 2.43 bits per heavy atom. The Bertz CT molecular complexity index is 297. The molecule has 0 aromatic carbocycles. The van der Waals surface area contributed by atoms with Gasteiger partial charge in [-0.2, -0.15) is 11.8 Å². The lowest BCUT2D eigenvalue weighted by Gasteiger charge is -2.19. The first-order valence-electron chi connectivity index (χ1n) is 5.02. The zero-order valence-electron chi connectivity index (χ0n) is 8.36. The van der Waals surface area contributed by atoms with Crippen LogP contribution in [-0.2, 0) is 0 Å². The van der Waals surface area contributed by atoms with Crippen molar-refractivity contribution in [3.8, 4) is 0 Å². The molecule has 1 aromatic heterocycles. The van der Waals surface area contributed by atoms with E-state index >= 15 is 0 Å². The Morgan fingerprint density at radius 3 is 3.14 bits per heavy atom. The molecule has 1 aliphatic rings. The summed E-state index contributed by atoms with van der Waals surface area (Å²) in [7, 11) is 1.89. The molecule has 14 heavy (non-hydrogen) atoms. The van der Waals surface area contributed by atoms with Crippen molar-refractivity contribution in [2.45, 2.75) is 24.5 Å². The van der Waals surface area contributed by atoms with Crippen LogP contribution in [0.5, 0.6) is 0 Å². The third-order valence-corrected chi connectivity index (χ3v) is 3.77. The van der Waals surface area contributed by atoms with Crippen molar-refractivity contribution in [2.75, 3.05) is 18.1 Å². The Labute approximate surface area is 88.7 Å². The van der Waals surface area contributed by atoms with E-state index in [0.29, 0.717) is 5.25 Å². The maximum atomic E-state index is 4.47. The first-order valence-corrected chi connectivity index (χ1v) is 6.07. The number of hydrogen-bond acceptors (Lipinski definition) is 4. The highest BCUT2D eigenvalue weighted by Gasteiger charge is 2.18. The van der Waals surface area contributed by atoms with E-state index in [-0.39, 0.29) is 0 Å². The van der Waals surface area contributed by atoms with E-state index in [0.717, 1.165) is 11.6 Å². The van der Waals surface area contributed by atoms with Gasteiger partial charge in [0.2, 0.25) is 0 Å². The van der Waals surface area contributed by atoms with Gasteiger partial charge < -0.3 is 5.32 Å². The topological polar surface area (TPSA) is 37.8 Å². The molecule has 1 aromatic rings. The second kappa shape index (κ2) is 4.64. The van der Waals surface area contributed by atoms with Crippen LogP contribution in [0.4, 0.5) is 5.82 Å². The number of anilines is 1. The van der Waals surface area contributed by atoms with E-state index < -0.39 is 0 Å². The van der Waals surface area contributed by atoms with Crippen molar-refractivity contribution < 1.29 is 0 Å². The maximum absolute atomic E-state index is 4.47. The van der Waals surface area contributed by atoms with E-state index in [1.54, 1.807) is 0 Å². The predicted molar refractivity (Wildman–Crippen MR) is 60.6 cm³/mol. The average Bonchev–Trinajstić information content (AvgIpc) is 2.30. The molecule has 0 radical (unpaired) electrons. The molecule has 1 fully saturated rings. The molecule has 1 N–H and O–H groups in total. The summed E-state index contributed by atoms with van der Waals surface area (Å²) in [6.45, 7) is 0. The Balaban J connectivity index is 2.13. The molecule has 0 bridgehead atoms. The summed E-state index contributed by atoms with van der Waals surface area (Å²) < 4.78 is 0. The van der Waals surface area contributed by atoms with Gasteiger partial charge in [-0.15, -0.1) is 0 Å². The molecule has 0 spiro atoms. The summed E-state index contributed by atoms with van der Waals surface area (Å²) in [4.78, 5) is 8.81. The molecule has 2 rings (SSSR count). The summed E-state index contributed by atoms with van der Waals surface area (Å²) in [6.07, 6.45) is 5.71. The molecule has 0 aliphatic carbocycles. The fourth-order valence-corrected chi connectivity index (χ4v) is 2.86. The van der Waals surface area contributed by atoms with Crippen LogP contribution in [0.3, 0.4) is 0 Å². The molecule has 1 atom stereocenters. The van der Waals surface area contributed by atoms with Crippen LogP contribution in [0.2, 0.25) is 0 Å². The average molecular weight is 209 g/mol. The number of hydrogen-bond donors (Lipinski definition) is 1. The molecule has 4 heteroatoms. The van der Waals surface area contributed by atoms with Crippen LogP contribution < -0.4 is 5.32 Å². The fraction of sp³-hybridized carbons (Fsp3) is 0.600. The van der Waals surface area contributed by atoms with Gasteiger partial charge in [-0.25, -0.2) is 9.97 Å². The lowest BCUT2D eigenvalue weighted by molar-refractivity contribution is 0.662. The molecular formula is C10H15N3S. The van der Waals surface area contributed by atoms with Gasteiger partial charge in [-0.3, -0.25) is 0 Å². The first kappa shape index (κ1) is 9.77. The van der Waals surface area contributed by atoms with Gasteiger partial charge in [0.25, 0.3) is 0 Å². The van der Waals surface area contributed by atoms with Gasteiger partial charge in [0.1, 0.15) is 11.6 Å². The van der Waals surface area contributed by atoms with Crippen molar-refractivity contribution in [2.24, 2.45) is 0 Å². The Kier molecular flexibility index (Phi) is 3.24. The van der Waals surface area contributed by atoms with Crippen LogP contribution in [-0.4, -0.2) is 22.8 Å². The zero-order chi connectivity index (χ0) is 9.80. The fourth-order valence-electron chi connectivity index (χ4n) is 1.61. The van der Waals surface area contributed by atoms with Gasteiger partial charge in [-0.05, 0) is 24.7 Å². The van der Waals surface area contributed by atoms with Crippen LogP contribution in [0.25, 0.3) is 0 Å². The van der Waals surface area contributed by atoms with Gasteiger partial charge in [0.15, 0.2) is 0 Å². The SMILES string of the molecule is CNc1ccnc(C2CCCCS2)n1. The second-order valence-electron chi connectivity index (χ2n) is 3.41. The molecule has 1 aliphatic heterocycles. The lowest BCUT2D eigenvalue weighted by atomic mass is 10.2. The smallest absolute Gasteiger partial charge is 0.143 e. The Hall–Kier alpha value is -0.770. The van der Waals surface area contributed by atoms with E-state index in [1.807, 2.05) is 31.1 Å². The highest BCUT2D eigenvalue weighted by Crippen LogP contribution is 2.36. The Morgan fingerprint density at radius 1 is 1.50 bits per heavy atom. The van der Waals surface area contributed by atoms with E-state index in [9.17, 15) is 0 Å². The molecule has 0 amide bonds.